The molecule has 0 radical (unpaired) electrons. The molecule has 1 aliphatic rings. The van der Waals surface area contributed by atoms with Gasteiger partial charge in [0.05, 0.1) is 11.6 Å². The molecular formula is C17H20N2O2. The van der Waals surface area contributed by atoms with Gasteiger partial charge in [-0.3, -0.25) is 4.79 Å². The largest absolute Gasteiger partial charge is 0.466 e. The predicted octanol–water partition coefficient (Wildman–Crippen LogP) is 3.29. The first-order valence-corrected chi connectivity index (χ1v) is 7.31. The third-order valence-corrected chi connectivity index (χ3v) is 4.07. The number of nitrogens with one attached hydrogen (secondary N) is 1. The third kappa shape index (κ3) is 2.66. The number of nitrogens with two attached hydrogens (primary N) is 1. The van der Waals surface area contributed by atoms with Crippen LogP contribution in [-0.2, 0) is 6.42 Å². The van der Waals surface area contributed by atoms with Crippen molar-refractivity contribution >= 4 is 11.6 Å². The van der Waals surface area contributed by atoms with Gasteiger partial charge >= 0.3 is 0 Å². The Labute approximate surface area is 124 Å². The molecular weight excluding hydrogens is 264 g/mol. The summed E-state index contributed by atoms with van der Waals surface area (Å²) < 4.78 is 5.43. The molecule has 1 aliphatic carbocycles. The van der Waals surface area contributed by atoms with E-state index >= 15 is 0 Å². The normalized spacial score (nSPS) is 17.3. The number of hydrogen-bond acceptors (Lipinski definition) is 3. The summed E-state index contributed by atoms with van der Waals surface area (Å²) in [7, 11) is 0. The molecule has 0 aliphatic heterocycles. The van der Waals surface area contributed by atoms with Gasteiger partial charge < -0.3 is 15.5 Å². The van der Waals surface area contributed by atoms with Gasteiger partial charge in [0.25, 0.3) is 5.91 Å². The molecule has 0 fully saturated rings. The molecule has 110 valence electrons. The maximum absolute atomic E-state index is 12.4. The molecule has 1 aromatic heterocycles. The molecule has 0 spiro atoms. The Hall–Kier alpha value is -2.23. The van der Waals surface area contributed by atoms with Crippen LogP contribution < -0.4 is 11.1 Å². The Kier molecular flexibility index (Phi) is 3.45. The minimum atomic E-state index is -0.0703. The number of amides is 1. The fourth-order valence-corrected chi connectivity index (χ4v) is 3.08. The summed E-state index contributed by atoms with van der Waals surface area (Å²) in [6.45, 7) is 3.67. The second-order valence-corrected chi connectivity index (χ2v) is 5.70. The number of hydrogen-bond donors (Lipinski definition) is 2. The number of carbonyl (C=O) groups is 1. The lowest BCUT2D eigenvalue weighted by Crippen LogP contribution is -2.31. The van der Waals surface area contributed by atoms with Gasteiger partial charge in [-0.15, -0.1) is 0 Å². The smallest absolute Gasteiger partial charge is 0.255 e. The van der Waals surface area contributed by atoms with Gasteiger partial charge in [-0.05, 0) is 62.4 Å². The maximum Gasteiger partial charge on any atom is 0.255 e. The first kappa shape index (κ1) is 13.7. The summed E-state index contributed by atoms with van der Waals surface area (Å²) in [6, 6.07) is 7.79. The van der Waals surface area contributed by atoms with E-state index in [4.69, 9.17) is 10.2 Å². The second kappa shape index (κ2) is 5.28. The van der Waals surface area contributed by atoms with Crippen molar-refractivity contribution in [1.29, 1.82) is 0 Å². The minimum absolute atomic E-state index is 0.0523. The van der Waals surface area contributed by atoms with Crippen molar-refractivity contribution < 1.29 is 9.21 Å². The maximum atomic E-state index is 12.4. The van der Waals surface area contributed by atoms with Crippen LogP contribution in [0, 0.1) is 13.8 Å². The number of nitrogen functional groups attached to an aromatic ring is 1. The Morgan fingerprint density at radius 1 is 1.33 bits per heavy atom. The van der Waals surface area contributed by atoms with Crippen LogP contribution in [0.15, 0.2) is 28.7 Å². The van der Waals surface area contributed by atoms with E-state index in [0.29, 0.717) is 11.3 Å². The summed E-state index contributed by atoms with van der Waals surface area (Å²) in [5.41, 5.74) is 9.67. The van der Waals surface area contributed by atoms with Gasteiger partial charge in [-0.1, -0.05) is 6.07 Å². The van der Waals surface area contributed by atoms with Gasteiger partial charge in [-0.25, -0.2) is 0 Å². The van der Waals surface area contributed by atoms with Crippen LogP contribution in [0.3, 0.4) is 0 Å². The van der Waals surface area contributed by atoms with Crippen molar-refractivity contribution in [3.8, 4) is 0 Å². The first-order chi connectivity index (χ1) is 10.0. The fourth-order valence-electron chi connectivity index (χ4n) is 3.08. The zero-order chi connectivity index (χ0) is 15.0. The molecule has 4 heteroatoms. The zero-order valence-corrected chi connectivity index (χ0v) is 12.4. The van der Waals surface area contributed by atoms with E-state index in [0.717, 1.165) is 30.7 Å². The van der Waals surface area contributed by atoms with Crippen LogP contribution in [0.1, 0.15) is 51.9 Å². The fraction of sp³-hybridized carbons (Fsp3) is 0.353. The van der Waals surface area contributed by atoms with E-state index in [2.05, 4.69) is 5.32 Å². The van der Waals surface area contributed by atoms with E-state index in [9.17, 15) is 4.79 Å². The Bertz CT molecular complexity index is 688. The van der Waals surface area contributed by atoms with Crippen molar-refractivity contribution in [2.24, 2.45) is 0 Å². The van der Waals surface area contributed by atoms with Crippen LogP contribution in [0.25, 0.3) is 0 Å². The number of benzene rings is 1. The van der Waals surface area contributed by atoms with Crippen molar-refractivity contribution in [2.75, 3.05) is 5.73 Å². The summed E-state index contributed by atoms with van der Waals surface area (Å²) in [6.07, 6.45) is 3.04. The van der Waals surface area contributed by atoms with E-state index in [-0.39, 0.29) is 11.9 Å². The average Bonchev–Trinajstić information content (AvgIpc) is 2.77. The predicted molar refractivity (Wildman–Crippen MR) is 82.2 cm³/mol. The van der Waals surface area contributed by atoms with E-state index in [1.807, 2.05) is 32.0 Å². The third-order valence-electron chi connectivity index (χ3n) is 4.07. The highest BCUT2D eigenvalue weighted by Crippen LogP contribution is 2.31. The summed E-state index contributed by atoms with van der Waals surface area (Å²) >= 11 is 0. The highest BCUT2D eigenvalue weighted by molar-refractivity contribution is 5.95. The van der Waals surface area contributed by atoms with E-state index in [1.54, 1.807) is 6.07 Å². The lowest BCUT2D eigenvalue weighted by atomic mass is 9.87. The lowest BCUT2D eigenvalue weighted by Gasteiger charge is -2.26. The molecule has 1 heterocycles. The van der Waals surface area contributed by atoms with Crippen molar-refractivity contribution in [3.63, 3.8) is 0 Å². The molecule has 1 atom stereocenters. The number of furan rings is 1. The number of rotatable bonds is 2. The highest BCUT2D eigenvalue weighted by Gasteiger charge is 2.23. The molecule has 3 rings (SSSR count). The summed E-state index contributed by atoms with van der Waals surface area (Å²) in [5, 5.41) is 3.13. The molecule has 3 N–H and O–H groups in total. The summed E-state index contributed by atoms with van der Waals surface area (Å²) in [5.74, 6) is 1.35. The second-order valence-electron chi connectivity index (χ2n) is 5.70. The molecule has 1 aromatic carbocycles. The average molecular weight is 284 g/mol. The van der Waals surface area contributed by atoms with Crippen LogP contribution in [0.2, 0.25) is 0 Å². The quantitative estimate of drug-likeness (QED) is 0.831. The molecule has 0 saturated heterocycles. The standard InChI is InChI=1S/C17H20N2O2/c1-10-8-15(11(2)21-10)17(20)19-16-5-3-4-12-9-13(18)6-7-14(12)16/h6-9,16H,3-5,18H2,1-2H3,(H,19,20). The SMILES string of the molecule is Cc1cc(C(=O)NC2CCCc3cc(N)ccc32)c(C)o1. The Balaban J connectivity index is 1.83. The van der Waals surface area contributed by atoms with Crippen LogP contribution in [0.4, 0.5) is 5.69 Å². The van der Waals surface area contributed by atoms with Gasteiger partial charge in [-0.2, -0.15) is 0 Å². The minimum Gasteiger partial charge on any atom is -0.466 e. The highest BCUT2D eigenvalue weighted by atomic mass is 16.3. The van der Waals surface area contributed by atoms with Gasteiger partial charge in [0.2, 0.25) is 0 Å². The molecule has 4 nitrogen and oxygen atoms in total. The Morgan fingerprint density at radius 2 is 2.14 bits per heavy atom. The van der Waals surface area contributed by atoms with Crippen LogP contribution in [0.5, 0.6) is 0 Å². The van der Waals surface area contributed by atoms with Crippen molar-refractivity contribution in [2.45, 2.75) is 39.2 Å². The number of aryl methyl sites for hydroxylation is 3. The molecule has 0 bridgehead atoms. The first-order valence-electron chi connectivity index (χ1n) is 7.31. The summed E-state index contributed by atoms with van der Waals surface area (Å²) in [4.78, 5) is 12.4. The van der Waals surface area contributed by atoms with Crippen molar-refractivity contribution in [3.05, 3.63) is 52.5 Å². The molecule has 2 aromatic rings. The molecule has 21 heavy (non-hydrogen) atoms. The Morgan fingerprint density at radius 3 is 2.86 bits per heavy atom. The van der Waals surface area contributed by atoms with Gasteiger partial charge in [0.1, 0.15) is 11.5 Å². The van der Waals surface area contributed by atoms with E-state index in [1.165, 1.54) is 11.1 Å². The zero-order valence-electron chi connectivity index (χ0n) is 12.4. The lowest BCUT2D eigenvalue weighted by molar-refractivity contribution is 0.0931. The monoisotopic (exact) mass is 284 g/mol. The van der Waals surface area contributed by atoms with Crippen LogP contribution >= 0.6 is 0 Å². The van der Waals surface area contributed by atoms with E-state index < -0.39 is 0 Å². The van der Waals surface area contributed by atoms with Gasteiger partial charge in [0.15, 0.2) is 0 Å². The van der Waals surface area contributed by atoms with Crippen LogP contribution in [-0.4, -0.2) is 5.91 Å². The van der Waals surface area contributed by atoms with Crippen molar-refractivity contribution in [1.82, 2.24) is 5.32 Å². The molecule has 0 saturated carbocycles. The number of fused-ring (bicyclic) bond motifs is 1. The van der Waals surface area contributed by atoms with Gasteiger partial charge in [0, 0.05) is 5.69 Å². The number of carbonyl (C=O) groups excluding carboxylic acids is 1. The molecule has 1 unspecified atom stereocenters. The number of anilines is 1. The topological polar surface area (TPSA) is 68.3 Å². The molecule has 1 amide bonds.